The van der Waals surface area contributed by atoms with Crippen LogP contribution >= 0.6 is 24.0 Å². The van der Waals surface area contributed by atoms with Gasteiger partial charge in [0.2, 0.25) is 0 Å². The van der Waals surface area contributed by atoms with Crippen molar-refractivity contribution in [2.75, 3.05) is 25.6 Å². The van der Waals surface area contributed by atoms with Crippen LogP contribution in [-0.2, 0) is 20.1 Å². The Morgan fingerprint density at radius 2 is 2.00 bits per heavy atom. The summed E-state index contributed by atoms with van der Waals surface area (Å²) in [5, 5.41) is 15.4. The molecule has 33 heavy (non-hydrogen) atoms. The first-order chi connectivity index (χ1) is 15.5. The molecule has 0 radical (unpaired) electrons. The molecule has 1 aromatic carbocycles. The van der Waals surface area contributed by atoms with Crippen molar-refractivity contribution in [2.45, 2.75) is 32.5 Å². The van der Waals surface area contributed by atoms with E-state index in [0.717, 1.165) is 40.9 Å². The van der Waals surface area contributed by atoms with Gasteiger partial charge in [-0.1, -0.05) is 24.3 Å². The molecule has 176 valence electrons. The predicted molar refractivity (Wildman–Crippen MR) is 140 cm³/mol. The van der Waals surface area contributed by atoms with Crippen LogP contribution in [-0.4, -0.2) is 46.4 Å². The van der Waals surface area contributed by atoms with Gasteiger partial charge in [-0.2, -0.15) is 0 Å². The van der Waals surface area contributed by atoms with E-state index in [1.807, 2.05) is 73.9 Å². The van der Waals surface area contributed by atoms with Crippen LogP contribution in [0.25, 0.3) is 0 Å². The second kappa shape index (κ2) is 11.3. The Balaban J connectivity index is 0.00000306. The normalized spacial score (nSPS) is 15.2. The first kappa shape index (κ1) is 24.7. The smallest absolute Gasteiger partial charge is 0.192 e. The lowest BCUT2D eigenvalue weighted by atomic mass is 10.0. The van der Waals surface area contributed by atoms with E-state index in [-0.39, 0.29) is 30.0 Å². The third kappa shape index (κ3) is 6.12. The zero-order chi connectivity index (χ0) is 22.5. The number of hydrogen-bond donors (Lipinski definition) is 2. The minimum Gasteiger partial charge on any atom is -0.493 e. The van der Waals surface area contributed by atoms with Crippen molar-refractivity contribution >= 4 is 35.8 Å². The van der Waals surface area contributed by atoms with Crippen molar-refractivity contribution in [1.82, 2.24) is 30.4 Å². The molecular formula is C23H31IN8O. The van der Waals surface area contributed by atoms with E-state index in [0.29, 0.717) is 25.7 Å². The third-order valence-corrected chi connectivity index (χ3v) is 5.52. The maximum absolute atomic E-state index is 5.81. The number of pyridine rings is 1. The van der Waals surface area contributed by atoms with E-state index in [4.69, 9.17) is 9.73 Å². The summed E-state index contributed by atoms with van der Waals surface area (Å²) in [5.74, 6) is 4.24. The number of nitrogens with zero attached hydrogens (tertiary/aromatic N) is 6. The number of ether oxygens (including phenoxy) is 1. The monoisotopic (exact) mass is 562 g/mol. The van der Waals surface area contributed by atoms with Crippen LogP contribution < -0.4 is 20.3 Å². The molecule has 4 rings (SSSR count). The van der Waals surface area contributed by atoms with Gasteiger partial charge >= 0.3 is 0 Å². The molecule has 0 spiro atoms. The number of benzene rings is 1. The summed E-state index contributed by atoms with van der Waals surface area (Å²) in [4.78, 5) is 11.5. The van der Waals surface area contributed by atoms with Crippen molar-refractivity contribution in [3.8, 4) is 5.75 Å². The Kier molecular flexibility index (Phi) is 8.48. The molecule has 0 amide bonds. The number of hydrogen-bond acceptors (Lipinski definition) is 6. The van der Waals surface area contributed by atoms with Gasteiger partial charge in [0.1, 0.15) is 17.4 Å². The van der Waals surface area contributed by atoms with E-state index >= 15 is 0 Å². The molecule has 3 heterocycles. The van der Waals surface area contributed by atoms with Crippen LogP contribution in [0.1, 0.15) is 35.4 Å². The summed E-state index contributed by atoms with van der Waals surface area (Å²) in [6.45, 7) is 3.57. The number of anilines is 1. The molecule has 1 unspecified atom stereocenters. The van der Waals surface area contributed by atoms with Gasteiger partial charge in [0, 0.05) is 33.1 Å². The van der Waals surface area contributed by atoms with Gasteiger partial charge in [-0.05, 0) is 25.1 Å². The molecule has 10 heteroatoms. The zero-order valence-electron chi connectivity index (χ0n) is 19.4. The standard InChI is InChI=1S/C23H30N8O.HI/c1-16-28-29-22(31(16)4)15-25-23(24-14-17-8-7-11-21(26-17)30(2)3)27-19-12-13-32-20-10-6-5-9-18(19)20;/h5-11,19H,12-15H2,1-4H3,(H2,24,25,27);1H. The summed E-state index contributed by atoms with van der Waals surface area (Å²) in [5.41, 5.74) is 2.04. The highest BCUT2D eigenvalue weighted by atomic mass is 127. The first-order valence-corrected chi connectivity index (χ1v) is 10.8. The van der Waals surface area contributed by atoms with Gasteiger partial charge in [-0.3, -0.25) is 0 Å². The number of rotatable bonds is 6. The molecule has 1 aliphatic heterocycles. The number of nitrogens with one attached hydrogen (secondary N) is 2. The molecule has 9 nitrogen and oxygen atoms in total. The fraction of sp³-hybridized carbons (Fsp3) is 0.391. The Bertz CT molecular complexity index is 1100. The third-order valence-electron chi connectivity index (χ3n) is 5.52. The van der Waals surface area contributed by atoms with Gasteiger partial charge < -0.3 is 24.8 Å². The molecule has 0 bridgehead atoms. The number of para-hydroxylation sites is 1. The maximum atomic E-state index is 5.81. The predicted octanol–water partition coefficient (Wildman–Crippen LogP) is 2.96. The van der Waals surface area contributed by atoms with E-state index in [1.54, 1.807) is 0 Å². The van der Waals surface area contributed by atoms with Crippen LogP contribution in [0.5, 0.6) is 5.75 Å². The Labute approximate surface area is 211 Å². The lowest BCUT2D eigenvalue weighted by molar-refractivity contribution is 0.261. The molecule has 1 aliphatic rings. The van der Waals surface area contributed by atoms with E-state index < -0.39 is 0 Å². The van der Waals surface area contributed by atoms with Crippen LogP contribution in [0.15, 0.2) is 47.5 Å². The fourth-order valence-electron chi connectivity index (χ4n) is 3.54. The largest absolute Gasteiger partial charge is 0.493 e. The Hall–Kier alpha value is -2.89. The minimum absolute atomic E-state index is 0. The van der Waals surface area contributed by atoms with Gasteiger partial charge in [0.05, 0.1) is 31.4 Å². The summed E-state index contributed by atoms with van der Waals surface area (Å²) in [7, 11) is 5.92. The highest BCUT2D eigenvalue weighted by Crippen LogP contribution is 2.31. The molecule has 3 aromatic rings. The lowest BCUT2D eigenvalue weighted by Gasteiger charge is -2.28. The number of aliphatic imine (C=N–C) groups is 1. The molecule has 0 fully saturated rings. The number of guanidine groups is 1. The first-order valence-electron chi connectivity index (χ1n) is 10.8. The molecular weight excluding hydrogens is 531 g/mol. The van der Waals surface area contributed by atoms with Crippen LogP contribution in [0.4, 0.5) is 5.82 Å². The molecule has 0 aliphatic carbocycles. The van der Waals surface area contributed by atoms with Crippen molar-refractivity contribution in [3.63, 3.8) is 0 Å². The van der Waals surface area contributed by atoms with Gasteiger partial charge in [0.25, 0.3) is 0 Å². The number of halogens is 1. The van der Waals surface area contributed by atoms with Gasteiger partial charge in [-0.15, -0.1) is 34.2 Å². The topological polar surface area (TPSA) is 92.5 Å². The highest BCUT2D eigenvalue weighted by molar-refractivity contribution is 14.0. The highest BCUT2D eigenvalue weighted by Gasteiger charge is 2.22. The van der Waals surface area contributed by atoms with Gasteiger partial charge in [0.15, 0.2) is 11.8 Å². The van der Waals surface area contributed by atoms with Crippen molar-refractivity contribution < 1.29 is 4.74 Å². The lowest BCUT2D eigenvalue weighted by Crippen LogP contribution is -2.41. The van der Waals surface area contributed by atoms with Crippen molar-refractivity contribution in [2.24, 2.45) is 12.0 Å². The minimum atomic E-state index is 0. The second-order valence-electron chi connectivity index (χ2n) is 7.99. The Morgan fingerprint density at radius 3 is 2.76 bits per heavy atom. The van der Waals surface area contributed by atoms with Gasteiger partial charge in [-0.25, -0.2) is 9.98 Å². The number of fused-ring (bicyclic) bond motifs is 1. The SMILES string of the molecule is Cc1nnc(CNC(=NCc2cccc(N(C)C)n2)NC2CCOc3ccccc32)n1C.I. The quantitative estimate of drug-likeness (QED) is 0.271. The van der Waals surface area contributed by atoms with Crippen molar-refractivity contribution in [1.29, 1.82) is 0 Å². The maximum Gasteiger partial charge on any atom is 0.192 e. The molecule has 1 atom stereocenters. The summed E-state index contributed by atoms with van der Waals surface area (Å²) >= 11 is 0. The van der Waals surface area contributed by atoms with Crippen LogP contribution in [0.2, 0.25) is 0 Å². The fourth-order valence-corrected chi connectivity index (χ4v) is 3.54. The summed E-state index contributed by atoms with van der Waals surface area (Å²) < 4.78 is 7.78. The van der Waals surface area contributed by atoms with Crippen LogP contribution in [0, 0.1) is 6.92 Å². The zero-order valence-corrected chi connectivity index (χ0v) is 21.8. The van der Waals surface area contributed by atoms with Crippen LogP contribution in [0.3, 0.4) is 0 Å². The second-order valence-corrected chi connectivity index (χ2v) is 7.99. The molecule has 2 N–H and O–H groups in total. The Morgan fingerprint density at radius 1 is 1.18 bits per heavy atom. The van der Waals surface area contributed by atoms with E-state index in [2.05, 4.69) is 31.9 Å². The number of aryl methyl sites for hydroxylation is 1. The van der Waals surface area contributed by atoms with Crippen molar-refractivity contribution in [3.05, 3.63) is 65.4 Å². The molecule has 0 saturated carbocycles. The van der Waals surface area contributed by atoms with E-state index in [1.165, 1.54) is 0 Å². The van der Waals surface area contributed by atoms with E-state index in [9.17, 15) is 0 Å². The average Bonchev–Trinajstić information content (AvgIpc) is 3.13. The molecule has 0 saturated heterocycles. The summed E-state index contributed by atoms with van der Waals surface area (Å²) in [6, 6.07) is 14.2. The average molecular weight is 562 g/mol. The molecule has 2 aromatic heterocycles. The summed E-state index contributed by atoms with van der Waals surface area (Å²) in [6.07, 6.45) is 0.856. The number of aromatic nitrogens is 4.